The highest BCUT2D eigenvalue weighted by Gasteiger charge is 2.23. The Morgan fingerprint density at radius 1 is 1.53 bits per heavy atom. The first-order chi connectivity index (χ1) is 8.93. The van der Waals surface area contributed by atoms with Gasteiger partial charge in [0.25, 0.3) is 5.91 Å². The normalized spacial score (nSPS) is 11.6. The summed E-state index contributed by atoms with van der Waals surface area (Å²) >= 11 is 1.47. The van der Waals surface area contributed by atoms with Crippen LogP contribution in [0.25, 0.3) is 10.8 Å². The van der Waals surface area contributed by atoms with Gasteiger partial charge in [0, 0.05) is 10.4 Å². The van der Waals surface area contributed by atoms with Gasteiger partial charge in [0.1, 0.15) is 5.69 Å². The van der Waals surface area contributed by atoms with Gasteiger partial charge in [-0.25, -0.2) is 4.98 Å². The molecule has 4 nitrogen and oxygen atoms in total. The second-order valence-corrected chi connectivity index (χ2v) is 6.30. The van der Waals surface area contributed by atoms with E-state index < -0.39 is 0 Å². The standard InChI is InChI=1S/C14H18N2O2S/c1-5-14(3,4)16-12(17)11-9(2)19-13(15-11)10-7-6-8-18-10/h6-8H,5H2,1-4H3,(H,16,17). The topological polar surface area (TPSA) is 55.1 Å². The molecular weight excluding hydrogens is 260 g/mol. The van der Waals surface area contributed by atoms with Crippen molar-refractivity contribution in [2.75, 3.05) is 0 Å². The summed E-state index contributed by atoms with van der Waals surface area (Å²) < 4.78 is 5.31. The fourth-order valence-electron chi connectivity index (χ4n) is 1.57. The maximum absolute atomic E-state index is 12.2. The second kappa shape index (κ2) is 5.17. The van der Waals surface area contributed by atoms with Crippen LogP contribution >= 0.6 is 11.3 Å². The smallest absolute Gasteiger partial charge is 0.271 e. The quantitative estimate of drug-likeness (QED) is 0.929. The lowest BCUT2D eigenvalue weighted by Crippen LogP contribution is -2.43. The molecule has 2 rings (SSSR count). The minimum absolute atomic E-state index is 0.126. The number of aryl methyl sites for hydroxylation is 1. The van der Waals surface area contributed by atoms with Crippen LogP contribution in [0.5, 0.6) is 0 Å². The van der Waals surface area contributed by atoms with E-state index in [9.17, 15) is 4.79 Å². The van der Waals surface area contributed by atoms with Crippen LogP contribution < -0.4 is 5.32 Å². The van der Waals surface area contributed by atoms with Crippen LogP contribution in [-0.2, 0) is 0 Å². The fourth-order valence-corrected chi connectivity index (χ4v) is 2.45. The van der Waals surface area contributed by atoms with Gasteiger partial charge in [0.2, 0.25) is 0 Å². The maximum Gasteiger partial charge on any atom is 0.271 e. The van der Waals surface area contributed by atoms with Crippen LogP contribution in [0.4, 0.5) is 0 Å². The highest BCUT2D eigenvalue weighted by Crippen LogP contribution is 2.28. The first-order valence-electron chi connectivity index (χ1n) is 6.27. The predicted octanol–water partition coefficient (Wildman–Crippen LogP) is 3.63. The van der Waals surface area contributed by atoms with Crippen molar-refractivity contribution in [3.8, 4) is 10.8 Å². The number of amides is 1. The molecule has 0 saturated carbocycles. The lowest BCUT2D eigenvalue weighted by molar-refractivity contribution is 0.0906. The molecule has 0 spiro atoms. The molecule has 102 valence electrons. The van der Waals surface area contributed by atoms with Crippen molar-refractivity contribution in [2.24, 2.45) is 0 Å². The van der Waals surface area contributed by atoms with Gasteiger partial charge in [0.05, 0.1) is 6.26 Å². The number of carbonyl (C=O) groups excluding carboxylic acids is 1. The van der Waals surface area contributed by atoms with Gasteiger partial charge in [0.15, 0.2) is 10.8 Å². The summed E-state index contributed by atoms with van der Waals surface area (Å²) in [6, 6.07) is 3.65. The number of carbonyl (C=O) groups is 1. The lowest BCUT2D eigenvalue weighted by atomic mass is 10.0. The van der Waals surface area contributed by atoms with Crippen molar-refractivity contribution in [2.45, 2.75) is 39.7 Å². The summed E-state index contributed by atoms with van der Waals surface area (Å²) in [6.07, 6.45) is 2.47. The number of nitrogens with zero attached hydrogens (tertiary/aromatic N) is 1. The van der Waals surface area contributed by atoms with Crippen molar-refractivity contribution in [1.29, 1.82) is 0 Å². The molecule has 1 N–H and O–H groups in total. The molecule has 0 aliphatic carbocycles. The van der Waals surface area contributed by atoms with E-state index in [-0.39, 0.29) is 11.4 Å². The number of nitrogens with one attached hydrogen (secondary N) is 1. The molecule has 2 heterocycles. The molecule has 0 fully saturated rings. The zero-order valence-electron chi connectivity index (χ0n) is 11.6. The van der Waals surface area contributed by atoms with E-state index in [2.05, 4.69) is 10.3 Å². The molecule has 2 aromatic rings. The molecule has 0 aliphatic rings. The third-order valence-electron chi connectivity index (χ3n) is 3.08. The van der Waals surface area contributed by atoms with Crippen LogP contribution in [0.1, 0.15) is 42.6 Å². The summed E-state index contributed by atoms with van der Waals surface area (Å²) in [5.74, 6) is 0.570. The van der Waals surface area contributed by atoms with Crippen molar-refractivity contribution < 1.29 is 9.21 Å². The molecular formula is C14H18N2O2S. The van der Waals surface area contributed by atoms with E-state index in [1.807, 2.05) is 39.8 Å². The number of furan rings is 1. The zero-order chi connectivity index (χ0) is 14.0. The van der Waals surface area contributed by atoms with Crippen LogP contribution in [0, 0.1) is 6.92 Å². The number of rotatable bonds is 4. The summed E-state index contributed by atoms with van der Waals surface area (Å²) in [5.41, 5.74) is 0.260. The molecule has 19 heavy (non-hydrogen) atoms. The summed E-state index contributed by atoms with van der Waals surface area (Å²) in [4.78, 5) is 17.5. The Morgan fingerprint density at radius 2 is 2.26 bits per heavy atom. The molecule has 0 atom stereocenters. The van der Waals surface area contributed by atoms with E-state index in [1.165, 1.54) is 11.3 Å². The monoisotopic (exact) mass is 278 g/mol. The average molecular weight is 278 g/mol. The van der Waals surface area contributed by atoms with Crippen molar-refractivity contribution in [1.82, 2.24) is 10.3 Å². The third-order valence-corrected chi connectivity index (χ3v) is 4.06. The summed E-state index contributed by atoms with van der Waals surface area (Å²) in [5, 5.41) is 3.73. The third kappa shape index (κ3) is 3.04. The van der Waals surface area contributed by atoms with Gasteiger partial charge in [-0.1, -0.05) is 6.92 Å². The Hall–Kier alpha value is -1.62. The molecule has 0 radical (unpaired) electrons. The fraction of sp³-hybridized carbons (Fsp3) is 0.429. The number of aromatic nitrogens is 1. The largest absolute Gasteiger partial charge is 0.462 e. The first-order valence-corrected chi connectivity index (χ1v) is 7.08. The van der Waals surface area contributed by atoms with Gasteiger partial charge in [-0.3, -0.25) is 4.79 Å². The first kappa shape index (κ1) is 13.8. The predicted molar refractivity (Wildman–Crippen MR) is 76.4 cm³/mol. The molecule has 2 aromatic heterocycles. The van der Waals surface area contributed by atoms with Crippen molar-refractivity contribution in [3.63, 3.8) is 0 Å². The van der Waals surface area contributed by atoms with E-state index in [1.54, 1.807) is 6.26 Å². The highest BCUT2D eigenvalue weighted by molar-refractivity contribution is 7.15. The van der Waals surface area contributed by atoms with Gasteiger partial charge >= 0.3 is 0 Å². The van der Waals surface area contributed by atoms with Gasteiger partial charge in [-0.2, -0.15) is 0 Å². The molecule has 0 bridgehead atoms. The van der Waals surface area contributed by atoms with Gasteiger partial charge < -0.3 is 9.73 Å². The maximum atomic E-state index is 12.2. The van der Waals surface area contributed by atoms with Gasteiger partial charge in [-0.15, -0.1) is 11.3 Å². The van der Waals surface area contributed by atoms with E-state index >= 15 is 0 Å². The molecule has 5 heteroatoms. The summed E-state index contributed by atoms with van der Waals surface area (Å²) in [6.45, 7) is 7.94. The molecule has 0 unspecified atom stereocenters. The SMILES string of the molecule is CCC(C)(C)NC(=O)c1nc(-c2ccco2)sc1C. The van der Waals surface area contributed by atoms with Crippen LogP contribution in [-0.4, -0.2) is 16.4 Å². The molecule has 0 saturated heterocycles. The number of thiazole rings is 1. The van der Waals surface area contributed by atoms with E-state index in [4.69, 9.17) is 4.42 Å². The van der Waals surface area contributed by atoms with Crippen LogP contribution in [0.15, 0.2) is 22.8 Å². The Kier molecular flexibility index (Phi) is 3.75. The molecule has 0 aliphatic heterocycles. The minimum atomic E-state index is -0.224. The molecule has 1 amide bonds. The Bertz CT molecular complexity index is 570. The van der Waals surface area contributed by atoms with Crippen molar-refractivity contribution >= 4 is 17.2 Å². The van der Waals surface area contributed by atoms with Gasteiger partial charge in [-0.05, 0) is 39.3 Å². The lowest BCUT2D eigenvalue weighted by Gasteiger charge is -2.23. The molecule has 0 aromatic carbocycles. The highest BCUT2D eigenvalue weighted by atomic mass is 32.1. The number of hydrogen-bond acceptors (Lipinski definition) is 4. The Morgan fingerprint density at radius 3 is 2.84 bits per heavy atom. The van der Waals surface area contributed by atoms with Crippen LogP contribution in [0.3, 0.4) is 0 Å². The zero-order valence-corrected chi connectivity index (χ0v) is 12.4. The van der Waals surface area contributed by atoms with E-state index in [0.717, 1.165) is 16.3 Å². The minimum Gasteiger partial charge on any atom is -0.462 e. The Balaban J connectivity index is 2.24. The average Bonchev–Trinajstić information content (AvgIpc) is 2.96. The van der Waals surface area contributed by atoms with E-state index in [0.29, 0.717) is 11.5 Å². The second-order valence-electron chi connectivity index (χ2n) is 5.09. The Labute approximate surface area is 116 Å². The number of hydrogen-bond donors (Lipinski definition) is 1. The van der Waals surface area contributed by atoms with Crippen molar-refractivity contribution in [3.05, 3.63) is 29.0 Å². The van der Waals surface area contributed by atoms with Crippen LogP contribution in [0.2, 0.25) is 0 Å². The summed E-state index contributed by atoms with van der Waals surface area (Å²) in [7, 11) is 0.